The maximum absolute atomic E-state index is 5.91. The van der Waals surface area contributed by atoms with E-state index < -0.39 is 0 Å². The summed E-state index contributed by atoms with van der Waals surface area (Å²) in [6.45, 7) is 8.83. The van der Waals surface area contributed by atoms with E-state index in [4.69, 9.17) is 4.74 Å². The molecule has 3 nitrogen and oxygen atoms in total. The fraction of sp³-hybridized carbons (Fsp3) is 0.350. The van der Waals surface area contributed by atoms with E-state index in [2.05, 4.69) is 48.9 Å². The van der Waals surface area contributed by atoms with Gasteiger partial charge in [-0.3, -0.25) is 4.90 Å². The highest BCUT2D eigenvalue weighted by atomic mass is 32.1. The summed E-state index contributed by atoms with van der Waals surface area (Å²) in [5.74, 6) is 0.837. The van der Waals surface area contributed by atoms with Crippen LogP contribution in [-0.4, -0.2) is 22.5 Å². The molecule has 2 aromatic carbocycles. The lowest BCUT2D eigenvalue weighted by Gasteiger charge is -2.26. The average molecular weight is 340 g/mol. The third kappa shape index (κ3) is 4.13. The quantitative estimate of drug-likeness (QED) is 0.551. The highest BCUT2D eigenvalue weighted by Crippen LogP contribution is 2.31. The van der Waals surface area contributed by atoms with E-state index in [1.54, 1.807) is 11.3 Å². The molecule has 0 saturated carbocycles. The van der Waals surface area contributed by atoms with Gasteiger partial charge in [-0.1, -0.05) is 42.5 Å². The Labute approximate surface area is 147 Å². The topological polar surface area (TPSA) is 25.4 Å². The third-order valence-electron chi connectivity index (χ3n) is 4.03. The smallest absolute Gasteiger partial charge is 0.279 e. The first-order chi connectivity index (χ1) is 11.7. The molecular weight excluding hydrogens is 316 g/mol. The van der Waals surface area contributed by atoms with E-state index >= 15 is 0 Å². The summed E-state index contributed by atoms with van der Waals surface area (Å²) in [5, 5.41) is 0.693. The lowest BCUT2D eigenvalue weighted by atomic mass is 10.1. The number of nitrogens with zero attached hydrogens (tertiary/aromatic N) is 2. The van der Waals surface area contributed by atoms with Gasteiger partial charge >= 0.3 is 0 Å². The van der Waals surface area contributed by atoms with Gasteiger partial charge in [-0.25, -0.2) is 4.98 Å². The molecule has 24 heavy (non-hydrogen) atoms. The lowest BCUT2D eigenvalue weighted by Crippen LogP contribution is -2.30. The maximum Gasteiger partial charge on any atom is 0.279 e. The fourth-order valence-electron chi connectivity index (χ4n) is 2.70. The monoisotopic (exact) mass is 340 g/mol. The van der Waals surface area contributed by atoms with Gasteiger partial charge in [0.05, 0.1) is 10.2 Å². The largest absolute Gasteiger partial charge is 0.431 e. The summed E-state index contributed by atoms with van der Waals surface area (Å²) < 4.78 is 7.06. The summed E-state index contributed by atoms with van der Waals surface area (Å²) in [7, 11) is 0. The molecule has 0 aliphatic heterocycles. The Morgan fingerprint density at radius 2 is 1.83 bits per heavy atom. The average Bonchev–Trinajstić information content (AvgIpc) is 2.98. The van der Waals surface area contributed by atoms with Crippen LogP contribution in [0.25, 0.3) is 10.2 Å². The number of fused-ring (bicyclic) bond motifs is 1. The van der Waals surface area contributed by atoms with Gasteiger partial charge in [0, 0.05) is 12.6 Å². The van der Waals surface area contributed by atoms with Crippen LogP contribution >= 0.6 is 11.3 Å². The van der Waals surface area contributed by atoms with Crippen LogP contribution in [0.4, 0.5) is 0 Å². The van der Waals surface area contributed by atoms with Crippen LogP contribution in [0.15, 0.2) is 48.5 Å². The van der Waals surface area contributed by atoms with Crippen LogP contribution in [0.2, 0.25) is 0 Å². The second kappa shape index (κ2) is 7.77. The zero-order valence-electron chi connectivity index (χ0n) is 14.5. The van der Waals surface area contributed by atoms with Crippen molar-refractivity contribution in [2.45, 2.75) is 39.8 Å². The Hall–Kier alpha value is -1.91. The SMILES string of the molecule is CCCN(Cc1ccc(Oc2nc3ccccc3s2)cc1)C(C)C. The molecule has 0 N–H and O–H groups in total. The van der Waals surface area contributed by atoms with Gasteiger partial charge < -0.3 is 4.74 Å². The van der Waals surface area contributed by atoms with Crippen molar-refractivity contribution < 1.29 is 4.74 Å². The van der Waals surface area contributed by atoms with Gasteiger partial charge in [-0.2, -0.15) is 0 Å². The zero-order chi connectivity index (χ0) is 16.9. The molecule has 0 bridgehead atoms. The van der Waals surface area contributed by atoms with E-state index in [1.807, 2.05) is 30.3 Å². The molecule has 0 aliphatic rings. The maximum atomic E-state index is 5.91. The third-order valence-corrected chi connectivity index (χ3v) is 4.94. The summed E-state index contributed by atoms with van der Waals surface area (Å²) in [4.78, 5) is 7.00. The summed E-state index contributed by atoms with van der Waals surface area (Å²) in [6, 6.07) is 17.0. The predicted octanol–water partition coefficient (Wildman–Crippen LogP) is 5.71. The molecule has 3 aromatic rings. The number of hydrogen-bond donors (Lipinski definition) is 0. The first-order valence-electron chi connectivity index (χ1n) is 8.52. The first kappa shape index (κ1) is 16.9. The highest BCUT2D eigenvalue weighted by Gasteiger charge is 2.10. The molecule has 1 heterocycles. The molecule has 0 unspecified atom stereocenters. The molecule has 0 atom stereocenters. The second-order valence-corrected chi connectivity index (χ2v) is 7.25. The van der Waals surface area contributed by atoms with Gasteiger partial charge in [-0.15, -0.1) is 0 Å². The van der Waals surface area contributed by atoms with E-state index in [-0.39, 0.29) is 0 Å². The van der Waals surface area contributed by atoms with E-state index in [0.29, 0.717) is 11.2 Å². The number of ether oxygens (including phenoxy) is 1. The van der Waals surface area contributed by atoms with Crippen molar-refractivity contribution in [1.29, 1.82) is 0 Å². The summed E-state index contributed by atoms with van der Waals surface area (Å²) in [6.07, 6.45) is 1.18. The lowest BCUT2D eigenvalue weighted by molar-refractivity contribution is 0.213. The van der Waals surface area contributed by atoms with Crippen molar-refractivity contribution in [3.63, 3.8) is 0 Å². The standard InChI is InChI=1S/C20H24N2OS/c1-4-13-22(15(2)3)14-16-9-11-17(12-10-16)23-20-21-18-7-5-6-8-19(18)24-20/h5-12,15H,4,13-14H2,1-3H3. The molecule has 4 heteroatoms. The van der Waals surface area contributed by atoms with E-state index in [1.165, 1.54) is 12.0 Å². The number of hydrogen-bond acceptors (Lipinski definition) is 4. The molecule has 3 rings (SSSR count). The molecular formula is C20H24N2OS. The van der Waals surface area contributed by atoms with Crippen molar-refractivity contribution in [3.8, 4) is 10.9 Å². The van der Waals surface area contributed by atoms with Gasteiger partial charge in [0.1, 0.15) is 5.75 Å². The number of aromatic nitrogens is 1. The Kier molecular flexibility index (Phi) is 5.48. The van der Waals surface area contributed by atoms with Gasteiger partial charge in [0.25, 0.3) is 5.19 Å². The zero-order valence-corrected chi connectivity index (χ0v) is 15.3. The predicted molar refractivity (Wildman–Crippen MR) is 102 cm³/mol. The van der Waals surface area contributed by atoms with Crippen LogP contribution in [-0.2, 0) is 6.54 Å². The Morgan fingerprint density at radius 3 is 2.50 bits per heavy atom. The van der Waals surface area contributed by atoms with Crippen LogP contribution < -0.4 is 4.74 Å². The number of benzene rings is 2. The number of rotatable bonds is 7. The van der Waals surface area contributed by atoms with Crippen LogP contribution in [0.1, 0.15) is 32.8 Å². The highest BCUT2D eigenvalue weighted by molar-refractivity contribution is 7.20. The van der Waals surface area contributed by atoms with Crippen molar-refractivity contribution in [3.05, 3.63) is 54.1 Å². The van der Waals surface area contributed by atoms with Crippen LogP contribution in [0, 0.1) is 0 Å². The summed E-state index contributed by atoms with van der Waals surface area (Å²) >= 11 is 1.58. The normalized spacial score (nSPS) is 11.5. The van der Waals surface area contributed by atoms with Crippen molar-refractivity contribution in [2.75, 3.05) is 6.54 Å². The Balaban J connectivity index is 1.67. The minimum Gasteiger partial charge on any atom is -0.431 e. The fourth-order valence-corrected chi connectivity index (χ4v) is 3.53. The molecule has 0 saturated heterocycles. The van der Waals surface area contributed by atoms with Crippen LogP contribution in [0.5, 0.6) is 10.9 Å². The van der Waals surface area contributed by atoms with Crippen molar-refractivity contribution >= 4 is 21.6 Å². The van der Waals surface area contributed by atoms with Crippen molar-refractivity contribution in [1.82, 2.24) is 9.88 Å². The number of thiazole rings is 1. The van der Waals surface area contributed by atoms with E-state index in [9.17, 15) is 0 Å². The Morgan fingerprint density at radius 1 is 1.08 bits per heavy atom. The first-order valence-corrected chi connectivity index (χ1v) is 9.33. The molecule has 1 aromatic heterocycles. The Bertz CT molecular complexity index is 747. The van der Waals surface area contributed by atoms with E-state index in [0.717, 1.165) is 29.1 Å². The molecule has 0 radical (unpaired) electrons. The number of para-hydroxylation sites is 1. The van der Waals surface area contributed by atoms with Crippen molar-refractivity contribution in [2.24, 2.45) is 0 Å². The molecule has 0 spiro atoms. The minimum atomic E-state index is 0.559. The summed E-state index contributed by atoms with van der Waals surface area (Å²) in [5.41, 5.74) is 2.30. The van der Waals surface area contributed by atoms with Gasteiger partial charge in [0.15, 0.2) is 0 Å². The molecule has 0 fully saturated rings. The molecule has 126 valence electrons. The minimum absolute atomic E-state index is 0.559. The van der Waals surface area contributed by atoms with Gasteiger partial charge in [0.2, 0.25) is 0 Å². The molecule has 0 aliphatic carbocycles. The van der Waals surface area contributed by atoms with Gasteiger partial charge in [-0.05, 0) is 56.6 Å². The molecule has 0 amide bonds. The van der Waals surface area contributed by atoms with Crippen LogP contribution in [0.3, 0.4) is 0 Å². The second-order valence-electron chi connectivity index (χ2n) is 6.26.